The van der Waals surface area contributed by atoms with Crippen molar-refractivity contribution < 1.29 is 14.3 Å². The summed E-state index contributed by atoms with van der Waals surface area (Å²) in [6.45, 7) is 0.320. The van der Waals surface area contributed by atoms with E-state index in [1.165, 1.54) is 0 Å². The number of aromatic nitrogens is 1. The summed E-state index contributed by atoms with van der Waals surface area (Å²) in [5.41, 5.74) is 1.27. The monoisotopic (exact) mass is 350 g/mol. The molecule has 0 spiro atoms. The highest BCUT2D eigenvalue weighted by atomic mass is 16.5. The number of pyridine rings is 1. The van der Waals surface area contributed by atoms with Crippen LogP contribution in [0.3, 0.4) is 0 Å². The fraction of sp³-hybridized carbons (Fsp3) is 0.263. The molecule has 7 nitrogen and oxygen atoms in total. The van der Waals surface area contributed by atoms with Crippen molar-refractivity contribution in [1.29, 1.82) is 5.26 Å². The number of benzene rings is 1. The molecular formula is C19H18N4O3. The number of nitriles is 1. The number of amides is 1. The minimum atomic E-state index is -0.0351. The fourth-order valence-corrected chi connectivity index (χ4v) is 2.95. The minimum absolute atomic E-state index is 0.0262. The first-order valence-corrected chi connectivity index (χ1v) is 8.24. The van der Waals surface area contributed by atoms with Gasteiger partial charge in [0.2, 0.25) is 11.8 Å². The van der Waals surface area contributed by atoms with Gasteiger partial charge in [0.05, 0.1) is 11.6 Å². The molecule has 1 amide bonds. The van der Waals surface area contributed by atoms with Crippen LogP contribution < -0.4 is 15.4 Å². The molecule has 1 fully saturated rings. The van der Waals surface area contributed by atoms with Crippen LogP contribution in [0.15, 0.2) is 30.6 Å². The van der Waals surface area contributed by atoms with E-state index in [1.54, 1.807) is 37.6 Å². The highest BCUT2D eigenvalue weighted by Crippen LogP contribution is 2.29. The summed E-state index contributed by atoms with van der Waals surface area (Å²) in [7, 11) is 1.69. The lowest BCUT2D eigenvalue weighted by molar-refractivity contribution is -0.119. The number of aldehydes is 1. The van der Waals surface area contributed by atoms with Gasteiger partial charge in [-0.25, -0.2) is 4.98 Å². The van der Waals surface area contributed by atoms with Crippen LogP contribution in [0.1, 0.15) is 28.8 Å². The second kappa shape index (κ2) is 7.66. The molecule has 1 aromatic carbocycles. The predicted molar refractivity (Wildman–Crippen MR) is 96.4 cm³/mol. The number of nitrogens with zero attached hydrogens (tertiary/aromatic N) is 2. The van der Waals surface area contributed by atoms with Crippen LogP contribution in [0, 0.1) is 11.3 Å². The Hall–Kier alpha value is -3.40. The Morgan fingerprint density at radius 3 is 3.04 bits per heavy atom. The molecule has 1 atom stereocenters. The van der Waals surface area contributed by atoms with Gasteiger partial charge in [0, 0.05) is 42.4 Å². The summed E-state index contributed by atoms with van der Waals surface area (Å²) in [4.78, 5) is 27.0. The van der Waals surface area contributed by atoms with E-state index in [2.05, 4.69) is 21.7 Å². The lowest BCUT2D eigenvalue weighted by atomic mass is 9.97. The van der Waals surface area contributed by atoms with Crippen LogP contribution in [-0.2, 0) is 4.79 Å². The highest BCUT2D eigenvalue weighted by molar-refractivity contribution is 5.99. The van der Waals surface area contributed by atoms with Gasteiger partial charge in [-0.15, -0.1) is 0 Å². The van der Waals surface area contributed by atoms with Gasteiger partial charge in [-0.05, 0) is 30.0 Å². The van der Waals surface area contributed by atoms with Crippen molar-refractivity contribution in [2.45, 2.75) is 18.9 Å². The number of hydrogen-bond acceptors (Lipinski definition) is 6. The SMILES string of the molecule is CN/C=C(/C#N)c1cc2c(OCC3CCC(=O)N3)nccc2cc1C=O. The largest absolute Gasteiger partial charge is 0.475 e. The molecule has 0 bridgehead atoms. The number of carbonyl (C=O) groups excluding carboxylic acids is 2. The predicted octanol–water partition coefficient (Wildman–Crippen LogP) is 1.79. The quantitative estimate of drug-likeness (QED) is 0.608. The minimum Gasteiger partial charge on any atom is -0.475 e. The molecule has 1 aliphatic rings. The zero-order valence-corrected chi connectivity index (χ0v) is 14.3. The Labute approximate surface area is 150 Å². The Bertz CT molecular complexity index is 930. The van der Waals surface area contributed by atoms with E-state index in [4.69, 9.17) is 4.74 Å². The third-order valence-electron chi connectivity index (χ3n) is 4.23. The summed E-state index contributed by atoms with van der Waals surface area (Å²) in [5.74, 6) is 0.433. The lowest BCUT2D eigenvalue weighted by Crippen LogP contribution is -2.31. The van der Waals surface area contributed by atoms with E-state index >= 15 is 0 Å². The molecule has 0 radical (unpaired) electrons. The molecule has 2 aromatic rings. The van der Waals surface area contributed by atoms with Gasteiger partial charge in [0.25, 0.3) is 0 Å². The van der Waals surface area contributed by atoms with Crippen molar-refractivity contribution in [3.63, 3.8) is 0 Å². The van der Waals surface area contributed by atoms with Gasteiger partial charge in [0.15, 0.2) is 6.29 Å². The van der Waals surface area contributed by atoms with Gasteiger partial charge in [-0.2, -0.15) is 5.26 Å². The molecule has 1 aliphatic heterocycles. The zero-order chi connectivity index (χ0) is 18.5. The third-order valence-corrected chi connectivity index (χ3v) is 4.23. The maximum atomic E-state index is 11.5. The van der Waals surface area contributed by atoms with Crippen molar-refractivity contribution in [3.05, 3.63) is 41.7 Å². The summed E-state index contributed by atoms with van der Waals surface area (Å²) in [6.07, 6.45) is 5.11. The first-order chi connectivity index (χ1) is 12.7. The molecule has 1 saturated heterocycles. The number of fused-ring (bicyclic) bond motifs is 1. The van der Waals surface area contributed by atoms with E-state index in [0.717, 1.165) is 18.1 Å². The molecule has 2 N–H and O–H groups in total. The molecule has 0 saturated carbocycles. The molecule has 1 aromatic heterocycles. The van der Waals surface area contributed by atoms with Gasteiger partial charge >= 0.3 is 0 Å². The molecule has 7 heteroatoms. The maximum absolute atomic E-state index is 11.5. The average molecular weight is 350 g/mol. The Kier molecular flexibility index (Phi) is 5.13. The zero-order valence-electron chi connectivity index (χ0n) is 14.3. The first-order valence-electron chi connectivity index (χ1n) is 8.24. The van der Waals surface area contributed by atoms with Crippen molar-refractivity contribution in [3.8, 4) is 11.9 Å². The third kappa shape index (κ3) is 3.49. The first kappa shape index (κ1) is 17.4. The number of nitrogens with one attached hydrogen (secondary N) is 2. The molecular weight excluding hydrogens is 332 g/mol. The number of carbonyl (C=O) groups is 2. The molecule has 1 unspecified atom stereocenters. The van der Waals surface area contributed by atoms with E-state index in [1.807, 2.05) is 0 Å². The summed E-state index contributed by atoms with van der Waals surface area (Å²) >= 11 is 0. The van der Waals surface area contributed by atoms with E-state index in [9.17, 15) is 14.9 Å². The number of hydrogen-bond donors (Lipinski definition) is 2. The highest BCUT2D eigenvalue weighted by Gasteiger charge is 2.22. The Morgan fingerprint density at radius 1 is 1.54 bits per heavy atom. The second-order valence-electron chi connectivity index (χ2n) is 5.97. The van der Waals surface area contributed by atoms with Crippen LogP contribution in [0.5, 0.6) is 5.88 Å². The smallest absolute Gasteiger partial charge is 0.221 e. The van der Waals surface area contributed by atoms with E-state index in [-0.39, 0.29) is 11.9 Å². The number of ether oxygens (including phenoxy) is 1. The number of allylic oxidation sites excluding steroid dienone is 1. The van der Waals surface area contributed by atoms with E-state index in [0.29, 0.717) is 41.0 Å². The van der Waals surface area contributed by atoms with Gasteiger partial charge in [-0.3, -0.25) is 9.59 Å². The standard InChI is InChI=1S/C19H18N4O3/c1-21-9-14(8-20)16-7-17-12(6-13(16)10-24)4-5-22-19(17)26-11-15-2-3-18(25)23-15/h4-7,9-10,15,21H,2-3,11H2,1H3,(H,23,25)/b14-9-. The fourth-order valence-electron chi connectivity index (χ4n) is 2.95. The number of rotatable bonds is 6. The normalized spacial score (nSPS) is 16.8. The summed E-state index contributed by atoms with van der Waals surface area (Å²) in [6, 6.07) is 7.29. The van der Waals surface area contributed by atoms with E-state index < -0.39 is 0 Å². The molecule has 2 heterocycles. The van der Waals surface area contributed by atoms with Gasteiger partial charge < -0.3 is 15.4 Å². The van der Waals surface area contributed by atoms with Crippen LogP contribution in [0.2, 0.25) is 0 Å². The molecule has 26 heavy (non-hydrogen) atoms. The second-order valence-corrected chi connectivity index (χ2v) is 5.97. The Balaban J connectivity index is 1.99. The van der Waals surface area contributed by atoms with Crippen molar-refractivity contribution >= 4 is 28.5 Å². The van der Waals surface area contributed by atoms with Crippen LogP contribution in [0.25, 0.3) is 16.3 Å². The average Bonchev–Trinajstić information content (AvgIpc) is 3.08. The maximum Gasteiger partial charge on any atom is 0.221 e. The van der Waals surface area contributed by atoms with Crippen LogP contribution in [-0.4, -0.2) is 36.9 Å². The van der Waals surface area contributed by atoms with Crippen molar-refractivity contribution in [1.82, 2.24) is 15.6 Å². The molecule has 132 valence electrons. The van der Waals surface area contributed by atoms with Crippen molar-refractivity contribution in [2.75, 3.05) is 13.7 Å². The lowest BCUT2D eigenvalue weighted by Gasteiger charge is -2.14. The topological polar surface area (TPSA) is 104 Å². The van der Waals surface area contributed by atoms with Gasteiger partial charge in [0.1, 0.15) is 12.7 Å². The molecule has 3 rings (SSSR count). The summed E-state index contributed by atoms with van der Waals surface area (Å²) < 4.78 is 5.82. The van der Waals surface area contributed by atoms with Crippen molar-refractivity contribution in [2.24, 2.45) is 0 Å². The van der Waals surface area contributed by atoms with Gasteiger partial charge in [-0.1, -0.05) is 0 Å². The Morgan fingerprint density at radius 2 is 2.38 bits per heavy atom. The van der Waals surface area contributed by atoms with Crippen LogP contribution in [0.4, 0.5) is 0 Å². The molecule has 0 aliphatic carbocycles. The van der Waals surface area contributed by atoms with Crippen LogP contribution >= 0.6 is 0 Å². The summed E-state index contributed by atoms with van der Waals surface area (Å²) in [5, 5.41) is 16.5.